The van der Waals surface area contributed by atoms with E-state index in [4.69, 9.17) is 0 Å². The first-order valence-electron chi connectivity index (χ1n) is 9.22. The van der Waals surface area contributed by atoms with Crippen LogP contribution in [-0.2, 0) is 10.5 Å². The van der Waals surface area contributed by atoms with Crippen LogP contribution in [0.3, 0.4) is 0 Å². The van der Waals surface area contributed by atoms with Gasteiger partial charge in [-0.05, 0) is 47.5 Å². The van der Waals surface area contributed by atoms with E-state index < -0.39 is 0 Å². The van der Waals surface area contributed by atoms with Gasteiger partial charge in [-0.25, -0.2) is 9.38 Å². The Morgan fingerprint density at radius 1 is 1.00 bits per heavy atom. The number of thioether (sulfide) groups is 1. The van der Waals surface area contributed by atoms with Crippen LogP contribution >= 0.6 is 11.8 Å². The van der Waals surface area contributed by atoms with Crippen LogP contribution in [0, 0.1) is 17.1 Å². The lowest BCUT2D eigenvalue weighted by molar-refractivity contribution is -0.113. The van der Waals surface area contributed by atoms with Gasteiger partial charge in [0.05, 0.1) is 17.3 Å². The molecule has 4 rings (SSSR count). The largest absolute Gasteiger partial charge is 0.283 e. The van der Waals surface area contributed by atoms with Crippen LogP contribution in [0.2, 0.25) is 0 Å². The van der Waals surface area contributed by atoms with E-state index in [0.29, 0.717) is 27.9 Å². The van der Waals surface area contributed by atoms with E-state index in [9.17, 15) is 14.4 Å². The number of hydrogen-bond donors (Lipinski definition) is 0. The molecular weight excluding hydrogens is 397 g/mol. The Balaban J connectivity index is 1.68. The maximum Gasteiger partial charge on any atom is 0.283 e. The van der Waals surface area contributed by atoms with Crippen LogP contribution in [0.4, 0.5) is 10.1 Å². The van der Waals surface area contributed by atoms with Gasteiger partial charge < -0.3 is 0 Å². The predicted molar refractivity (Wildman–Crippen MR) is 118 cm³/mol. The molecule has 0 N–H and O–H groups in total. The standard InChI is InChI=1S/C24H16FN3OS/c25-20-10-12-21(13-11-20)28-23(29)22(14-17-6-2-1-3-7-17)27-24(28)30-16-19-9-5-4-8-18(19)15-26/h1-14H,16H2/b22-14+. The number of nitriles is 1. The summed E-state index contributed by atoms with van der Waals surface area (Å²) in [6, 6.07) is 24.7. The monoisotopic (exact) mass is 413 g/mol. The highest BCUT2D eigenvalue weighted by atomic mass is 32.2. The van der Waals surface area contributed by atoms with E-state index >= 15 is 0 Å². The normalized spacial score (nSPS) is 14.7. The third kappa shape index (κ3) is 4.17. The van der Waals surface area contributed by atoms with Crippen LogP contribution in [0.25, 0.3) is 6.08 Å². The van der Waals surface area contributed by atoms with Crippen molar-refractivity contribution in [1.29, 1.82) is 5.26 Å². The fourth-order valence-electron chi connectivity index (χ4n) is 3.02. The minimum Gasteiger partial charge on any atom is -0.266 e. The van der Waals surface area contributed by atoms with Gasteiger partial charge in [0.2, 0.25) is 0 Å². The van der Waals surface area contributed by atoms with Crippen molar-refractivity contribution in [3.63, 3.8) is 0 Å². The molecule has 1 aliphatic rings. The number of amidine groups is 1. The summed E-state index contributed by atoms with van der Waals surface area (Å²) in [6.07, 6.45) is 1.73. The van der Waals surface area contributed by atoms with E-state index in [1.165, 1.54) is 28.8 Å². The van der Waals surface area contributed by atoms with Gasteiger partial charge >= 0.3 is 0 Å². The van der Waals surface area contributed by atoms with E-state index in [1.807, 2.05) is 48.5 Å². The summed E-state index contributed by atoms with van der Waals surface area (Å²) in [6.45, 7) is 0. The summed E-state index contributed by atoms with van der Waals surface area (Å²) in [4.78, 5) is 19.2. The molecule has 0 fully saturated rings. The van der Waals surface area contributed by atoms with Crippen molar-refractivity contribution in [2.24, 2.45) is 4.99 Å². The Labute approximate surface area is 178 Å². The molecule has 3 aromatic carbocycles. The van der Waals surface area contributed by atoms with Crippen molar-refractivity contribution in [2.75, 3.05) is 4.90 Å². The average molecular weight is 413 g/mol. The molecule has 0 bridgehead atoms. The van der Waals surface area contributed by atoms with Crippen molar-refractivity contribution in [3.8, 4) is 6.07 Å². The maximum atomic E-state index is 13.4. The highest BCUT2D eigenvalue weighted by molar-refractivity contribution is 8.13. The molecule has 1 amide bonds. The Hall–Kier alpha value is -3.69. The highest BCUT2D eigenvalue weighted by Crippen LogP contribution is 2.31. The zero-order valence-corrected chi connectivity index (χ0v) is 16.6. The van der Waals surface area contributed by atoms with Crippen molar-refractivity contribution in [1.82, 2.24) is 0 Å². The molecule has 1 aliphatic heterocycles. The molecule has 146 valence electrons. The molecule has 0 atom stereocenters. The average Bonchev–Trinajstić information content (AvgIpc) is 3.09. The maximum absolute atomic E-state index is 13.4. The number of rotatable bonds is 4. The summed E-state index contributed by atoms with van der Waals surface area (Å²) in [7, 11) is 0. The third-order valence-electron chi connectivity index (χ3n) is 4.51. The van der Waals surface area contributed by atoms with Gasteiger partial charge in [-0.1, -0.05) is 60.3 Å². The Bertz CT molecular complexity index is 1180. The smallest absolute Gasteiger partial charge is 0.266 e. The van der Waals surface area contributed by atoms with Gasteiger partial charge in [-0.15, -0.1) is 0 Å². The van der Waals surface area contributed by atoms with Gasteiger partial charge in [-0.3, -0.25) is 9.69 Å². The number of anilines is 1. The number of nitrogens with zero attached hydrogens (tertiary/aromatic N) is 3. The van der Waals surface area contributed by atoms with Gasteiger partial charge in [0.15, 0.2) is 5.17 Å². The Morgan fingerprint density at radius 2 is 1.70 bits per heavy atom. The number of hydrogen-bond acceptors (Lipinski definition) is 4. The second-order valence-corrected chi connectivity index (χ2v) is 7.45. The number of aliphatic imine (C=N–C) groups is 1. The van der Waals surface area contributed by atoms with E-state index in [-0.39, 0.29) is 11.7 Å². The molecule has 0 unspecified atom stereocenters. The molecule has 0 spiro atoms. The predicted octanol–water partition coefficient (Wildman–Crippen LogP) is 5.37. The van der Waals surface area contributed by atoms with Gasteiger partial charge in [0, 0.05) is 5.75 Å². The highest BCUT2D eigenvalue weighted by Gasteiger charge is 2.32. The van der Waals surface area contributed by atoms with E-state index in [2.05, 4.69) is 11.1 Å². The van der Waals surface area contributed by atoms with Gasteiger partial charge in [0.1, 0.15) is 11.5 Å². The Kier molecular flexibility index (Phi) is 5.73. The lowest BCUT2D eigenvalue weighted by Gasteiger charge is -2.18. The lowest BCUT2D eigenvalue weighted by atomic mass is 10.1. The van der Waals surface area contributed by atoms with E-state index in [0.717, 1.165) is 11.1 Å². The molecule has 0 radical (unpaired) electrons. The molecule has 0 saturated heterocycles. The number of benzene rings is 3. The zero-order valence-electron chi connectivity index (χ0n) is 15.8. The second kappa shape index (κ2) is 8.76. The van der Waals surface area contributed by atoms with Crippen LogP contribution in [0.15, 0.2) is 89.6 Å². The second-order valence-electron chi connectivity index (χ2n) is 6.51. The fourth-order valence-corrected chi connectivity index (χ4v) is 4.03. The number of carbonyl (C=O) groups excluding carboxylic acids is 1. The molecule has 0 aromatic heterocycles. The minimum atomic E-state index is -0.375. The molecular formula is C24H16FN3OS. The number of carbonyl (C=O) groups is 1. The molecule has 4 nitrogen and oxygen atoms in total. The van der Waals surface area contributed by atoms with Gasteiger partial charge in [0.25, 0.3) is 5.91 Å². The quantitative estimate of drug-likeness (QED) is 0.540. The summed E-state index contributed by atoms with van der Waals surface area (Å²) in [5.41, 5.74) is 3.16. The minimum absolute atomic E-state index is 0.276. The molecule has 6 heteroatoms. The SMILES string of the molecule is N#Cc1ccccc1CSC1=N/C(=C/c2ccccc2)C(=O)N1c1ccc(F)cc1. The number of amides is 1. The lowest BCUT2D eigenvalue weighted by Crippen LogP contribution is -2.30. The first-order valence-corrected chi connectivity index (χ1v) is 10.2. The van der Waals surface area contributed by atoms with Crippen molar-refractivity contribution in [3.05, 3.63) is 107 Å². The summed E-state index contributed by atoms with van der Waals surface area (Å²) < 4.78 is 13.4. The van der Waals surface area contributed by atoms with Crippen molar-refractivity contribution >= 4 is 34.6 Å². The van der Waals surface area contributed by atoms with Crippen LogP contribution in [0.5, 0.6) is 0 Å². The summed E-state index contributed by atoms with van der Waals surface area (Å²) >= 11 is 1.36. The third-order valence-corrected chi connectivity index (χ3v) is 5.50. The first kappa shape index (κ1) is 19.6. The topological polar surface area (TPSA) is 56.5 Å². The first-order chi connectivity index (χ1) is 14.7. The van der Waals surface area contributed by atoms with Crippen molar-refractivity contribution < 1.29 is 9.18 Å². The van der Waals surface area contributed by atoms with Gasteiger partial charge in [-0.2, -0.15) is 5.26 Å². The van der Waals surface area contributed by atoms with Crippen LogP contribution < -0.4 is 4.90 Å². The van der Waals surface area contributed by atoms with Crippen LogP contribution in [-0.4, -0.2) is 11.1 Å². The van der Waals surface area contributed by atoms with Crippen LogP contribution in [0.1, 0.15) is 16.7 Å². The summed E-state index contributed by atoms with van der Waals surface area (Å²) in [5.74, 6) is -0.173. The number of halogens is 1. The molecule has 0 aliphatic carbocycles. The fraction of sp³-hybridized carbons (Fsp3) is 0.0417. The summed E-state index contributed by atoms with van der Waals surface area (Å²) in [5, 5.41) is 9.80. The van der Waals surface area contributed by atoms with Crippen molar-refractivity contribution in [2.45, 2.75) is 5.75 Å². The molecule has 30 heavy (non-hydrogen) atoms. The zero-order chi connectivity index (χ0) is 20.9. The Morgan fingerprint density at radius 3 is 2.43 bits per heavy atom. The molecule has 3 aromatic rings. The molecule has 1 heterocycles. The van der Waals surface area contributed by atoms with E-state index in [1.54, 1.807) is 24.3 Å². The molecule has 0 saturated carbocycles.